The lowest BCUT2D eigenvalue weighted by atomic mass is 9.86. The van der Waals surface area contributed by atoms with E-state index in [0.29, 0.717) is 11.3 Å². The third-order valence-corrected chi connectivity index (χ3v) is 3.58. The van der Waals surface area contributed by atoms with Gasteiger partial charge in [0.15, 0.2) is 5.78 Å². The Hall–Kier alpha value is -2.84. The number of carbonyl (C=O) groups is 2. The number of halogens is 3. The summed E-state index contributed by atoms with van der Waals surface area (Å²) >= 11 is 0. The molecular formula is C16H15F3N2O4. The molecule has 1 aliphatic heterocycles. The van der Waals surface area contributed by atoms with Gasteiger partial charge in [0, 0.05) is 11.3 Å². The summed E-state index contributed by atoms with van der Waals surface area (Å²) in [5.74, 6) is -1.46. The summed E-state index contributed by atoms with van der Waals surface area (Å²) in [6.45, 7) is 2.89. The van der Waals surface area contributed by atoms with Crippen LogP contribution >= 0.6 is 0 Å². The Morgan fingerprint density at radius 3 is 2.28 bits per heavy atom. The number of carbonyl (C=O) groups excluding carboxylic acids is 2. The molecule has 9 heteroatoms. The molecule has 1 heterocycles. The van der Waals surface area contributed by atoms with Crippen LogP contribution in [0, 0.1) is 0 Å². The van der Waals surface area contributed by atoms with Crippen LogP contribution < -0.4 is 5.43 Å². The van der Waals surface area contributed by atoms with Crippen molar-refractivity contribution in [2.45, 2.75) is 25.9 Å². The van der Waals surface area contributed by atoms with E-state index in [0.717, 1.165) is 19.2 Å². The van der Waals surface area contributed by atoms with E-state index in [2.05, 4.69) is 15.3 Å². The van der Waals surface area contributed by atoms with Crippen LogP contribution in [0.25, 0.3) is 0 Å². The fourth-order valence-corrected chi connectivity index (χ4v) is 2.45. The number of hydrogen-bond donors (Lipinski definition) is 1. The highest BCUT2D eigenvalue weighted by molar-refractivity contribution is 6.05. The molecule has 1 aromatic carbocycles. The Kier molecular flexibility index (Phi) is 5.15. The van der Waals surface area contributed by atoms with Gasteiger partial charge < -0.3 is 9.47 Å². The number of hydrogen-bond acceptors (Lipinski definition) is 6. The summed E-state index contributed by atoms with van der Waals surface area (Å²) in [5.41, 5.74) is 2.69. The number of alkyl halides is 3. The second-order valence-electron chi connectivity index (χ2n) is 5.27. The van der Waals surface area contributed by atoms with E-state index in [1.54, 1.807) is 6.92 Å². The van der Waals surface area contributed by atoms with Crippen LogP contribution in [0.5, 0.6) is 0 Å². The Labute approximate surface area is 141 Å². The number of nitrogens with one attached hydrogen (secondary N) is 1. The normalized spacial score (nSPS) is 17.5. The zero-order chi connectivity index (χ0) is 18.8. The first-order chi connectivity index (χ1) is 11.6. The molecule has 0 bridgehead atoms. The Morgan fingerprint density at radius 2 is 1.80 bits per heavy atom. The van der Waals surface area contributed by atoms with Gasteiger partial charge in [0.05, 0.1) is 18.6 Å². The molecule has 1 unspecified atom stereocenters. The molecule has 0 aliphatic carbocycles. The van der Waals surface area contributed by atoms with Gasteiger partial charge in [-0.15, -0.1) is 5.10 Å². The number of benzene rings is 1. The fraction of sp³-hybridized carbons (Fsp3) is 0.312. The van der Waals surface area contributed by atoms with Crippen LogP contribution in [0.1, 0.15) is 30.9 Å². The van der Waals surface area contributed by atoms with Crippen LogP contribution in [0.3, 0.4) is 0 Å². The smallest absolute Gasteiger partial charge is 0.437 e. The predicted octanol–water partition coefficient (Wildman–Crippen LogP) is 3.35. The highest BCUT2D eigenvalue weighted by Crippen LogP contribution is 2.34. The van der Waals surface area contributed by atoms with Crippen LogP contribution in [0.4, 0.5) is 18.0 Å². The maximum atomic E-state index is 12.7. The molecule has 25 heavy (non-hydrogen) atoms. The topological polar surface area (TPSA) is 77.0 Å². The van der Waals surface area contributed by atoms with Gasteiger partial charge in [-0.3, -0.25) is 10.2 Å². The van der Waals surface area contributed by atoms with E-state index >= 15 is 0 Å². The largest absolute Gasteiger partial charge is 0.514 e. The van der Waals surface area contributed by atoms with E-state index in [-0.39, 0.29) is 17.3 Å². The molecule has 6 nitrogen and oxygen atoms in total. The molecule has 134 valence electrons. The van der Waals surface area contributed by atoms with E-state index in [1.807, 2.05) is 0 Å². The standard InChI is InChI=1S/C16H15F3N2O4/c1-8-12(9(2)22)13(14(21-20-8)25-15(23)24-3)10-4-6-11(7-5-10)16(17,18)19/h4-7,13,20H,1-3H3. The first-order valence-electron chi connectivity index (χ1n) is 7.13. The maximum absolute atomic E-state index is 12.7. The van der Waals surface area contributed by atoms with Crippen molar-refractivity contribution in [3.05, 3.63) is 46.7 Å². The van der Waals surface area contributed by atoms with Gasteiger partial charge in [-0.1, -0.05) is 12.1 Å². The van der Waals surface area contributed by atoms with E-state index < -0.39 is 23.8 Å². The molecule has 1 aliphatic rings. The Balaban J connectivity index is 2.48. The van der Waals surface area contributed by atoms with Crippen molar-refractivity contribution in [3.63, 3.8) is 0 Å². The molecule has 0 aromatic heterocycles. The third-order valence-electron chi connectivity index (χ3n) is 3.58. The molecule has 1 atom stereocenters. The van der Waals surface area contributed by atoms with Crippen molar-refractivity contribution in [2.75, 3.05) is 7.11 Å². The summed E-state index contributed by atoms with van der Waals surface area (Å²) in [7, 11) is 1.10. The summed E-state index contributed by atoms with van der Waals surface area (Å²) < 4.78 is 47.6. The van der Waals surface area contributed by atoms with Crippen LogP contribution in [0.2, 0.25) is 0 Å². The van der Waals surface area contributed by atoms with Gasteiger partial charge in [0.2, 0.25) is 5.90 Å². The van der Waals surface area contributed by atoms with Crippen LogP contribution in [-0.2, 0) is 20.4 Å². The maximum Gasteiger partial charge on any atom is 0.514 e. The number of methoxy groups -OCH3 is 1. The quantitative estimate of drug-likeness (QED) is 0.823. The van der Waals surface area contributed by atoms with Crippen molar-refractivity contribution in [3.8, 4) is 0 Å². The van der Waals surface area contributed by atoms with Crippen molar-refractivity contribution >= 4 is 17.8 Å². The molecule has 0 radical (unpaired) electrons. The number of rotatable bonds is 2. The summed E-state index contributed by atoms with van der Waals surface area (Å²) in [6.07, 6.45) is -5.54. The minimum Gasteiger partial charge on any atom is -0.437 e. The summed E-state index contributed by atoms with van der Waals surface area (Å²) in [5, 5.41) is 3.87. The van der Waals surface area contributed by atoms with E-state index in [4.69, 9.17) is 4.74 Å². The second kappa shape index (κ2) is 6.96. The monoisotopic (exact) mass is 356 g/mol. The number of ether oxygens (including phenoxy) is 2. The molecule has 0 saturated heterocycles. The van der Waals surface area contributed by atoms with Crippen molar-refractivity contribution in [2.24, 2.45) is 5.10 Å². The van der Waals surface area contributed by atoms with Crippen molar-refractivity contribution in [1.29, 1.82) is 0 Å². The molecule has 1 aromatic rings. The first kappa shape index (κ1) is 18.5. The Bertz CT molecular complexity index is 752. The average molecular weight is 356 g/mol. The fourth-order valence-electron chi connectivity index (χ4n) is 2.45. The number of nitrogens with zero attached hydrogens (tertiary/aromatic N) is 1. The first-order valence-corrected chi connectivity index (χ1v) is 7.13. The molecule has 0 spiro atoms. The third kappa shape index (κ3) is 3.98. The van der Waals surface area contributed by atoms with Crippen molar-refractivity contribution < 1.29 is 32.2 Å². The summed E-state index contributed by atoms with van der Waals surface area (Å²) in [6, 6.07) is 4.21. The molecule has 0 saturated carbocycles. The number of Topliss-reactive ketones (excluding diaryl/α,β-unsaturated/α-hetero) is 1. The minimum atomic E-state index is -4.48. The molecule has 0 amide bonds. The minimum absolute atomic E-state index is 0.192. The highest BCUT2D eigenvalue weighted by Gasteiger charge is 2.35. The lowest BCUT2D eigenvalue weighted by molar-refractivity contribution is -0.137. The summed E-state index contributed by atoms with van der Waals surface area (Å²) in [4.78, 5) is 23.4. The molecular weight excluding hydrogens is 341 g/mol. The van der Waals surface area contributed by atoms with Crippen molar-refractivity contribution in [1.82, 2.24) is 5.43 Å². The van der Waals surface area contributed by atoms with Gasteiger partial charge in [-0.2, -0.15) is 13.2 Å². The SMILES string of the molecule is COC(=O)OC1=NNC(C)=C(C(C)=O)C1c1ccc(C(F)(F)F)cc1. The molecule has 0 fully saturated rings. The Morgan fingerprint density at radius 1 is 1.20 bits per heavy atom. The van der Waals surface area contributed by atoms with Crippen LogP contribution in [-0.4, -0.2) is 24.9 Å². The molecule has 1 N–H and O–H groups in total. The average Bonchev–Trinajstić information content (AvgIpc) is 2.55. The lowest BCUT2D eigenvalue weighted by Gasteiger charge is -2.26. The van der Waals surface area contributed by atoms with Gasteiger partial charge in [0.1, 0.15) is 0 Å². The van der Waals surface area contributed by atoms with Gasteiger partial charge in [0.25, 0.3) is 0 Å². The van der Waals surface area contributed by atoms with E-state index in [1.165, 1.54) is 19.1 Å². The predicted molar refractivity (Wildman–Crippen MR) is 81.6 cm³/mol. The number of ketones is 1. The number of hydrazone groups is 1. The molecule has 2 rings (SSSR count). The van der Waals surface area contributed by atoms with Crippen LogP contribution in [0.15, 0.2) is 40.6 Å². The zero-order valence-corrected chi connectivity index (χ0v) is 13.6. The van der Waals surface area contributed by atoms with E-state index in [9.17, 15) is 22.8 Å². The lowest BCUT2D eigenvalue weighted by Crippen LogP contribution is -2.32. The van der Waals surface area contributed by atoms with Gasteiger partial charge in [-0.05, 0) is 31.5 Å². The highest BCUT2D eigenvalue weighted by atomic mass is 19.4. The number of allylic oxidation sites excluding steroid dienone is 1. The van der Waals surface area contributed by atoms with Gasteiger partial charge >= 0.3 is 12.3 Å². The zero-order valence-electron chi connectivity index (χ0n) is 13.6. The van der Waals surface area contributed by atoms with Gasteiger partial charge in [-0.25, -0.2) is 4.79 Å². The second-order valence-corrected chi connectivity index (χ2v) is 5.27.